The predicted octanol–water partition coefficient (Wildman–Crippen LogP) is 2.13. The first-order chi connectivity index (χ1) is 9.31. The summed E-state index contributed by atoms with van der Waals surface area (Å²) in [7, 11) is -3.58. The van der Waals surface area contributed by atoms with Crippen molar-refractivity contribution in [3.63, 3.8) is 0 Å². The predicted molar refractivity (Wildman–Crippen MR) is 81.2 cm³/mol. The Bertz CT molecular complexity index is 736. The van der Waals surface area contributed by atoms with Crippen molar-refractivity contribution in [2.45, 2.75) is 32.2 Å². The molecule has 0 amide bonds. The number of thiazole rings is 1. The lowest BCUT2D eigenvalue weighted by Crippen LogP contribution is -2.24. The van der Waals surface area contributed by atoms with Crippen LogP contribution < -0.4 is 10.5 Å². The second kappa shape index (κ2) is 5.51. The van der Waals surface area contributed by atoms with Gasteiger partial charge in [-0.2, -0.15) is 0 Å². The molecule has 108 valence electrons. The van der Waals surface area contributed by atoms with Crippen LogP contribution >= 0.6 is 11.3 Å². The van der Waals surface area contributed by atoms with Crippen LogP contribution in [0.4, 0.5) is 5.69 Å². The van der Waals surface area contributed by atoms with Gasteiger partial charge in [0, 0.05) is 17.1 Å². The highest BCUT2D eigenvalue weighted by Crippen LogP contribution is 2.23. The summed E-state index contributed by atoms with van der Waals surface area (Å²) in [5.74, 6) is 0. The molecule has 0 unspecified atom stereocenters. The third kappa shape index (κ3) is 3.00. The highest BCUT2D eigenvalue weighted by molar-refractivity contribution is 7.89. The van der Waals surface area contributed by atoms with E-state index in [1.807, 2.05) is 13.8 Å². The number of hydrogen-bond donors (Lipinski definition) is 2. The molecule has 1 heterocycles. The Morgan fingerprint density at radius 2 is 2.00 bits per heavy atom. The van der Waals surface area contributed by atoms with E-state index in [1.165, 1.54) is 11.3 Å². The fourth-order valence-corrected chi connectivity index (χ4v) is 4.03. The molecule has 1 aromatic heterocycles. The summed E-state index contributed by atoms with van der Waals surface area (Å²) in [4.78, 5) is 5.24. The average Bonchev–Trinajstić information content (AvgIpc) is 2.77. The van der Waals surface area contributed by atoms with E-state index in [0.29, 0.717) is 11.3 Å². The van der Waals surface area contributed by atoms with Gasteiger partial charge in [-0.05, 0) is 44.0 Å². The van der Waals surface area contributed by atoms with Gasteiger partial charge in [0.1, 0.15) is 0 Å². The molecule has 0 aliphatic heterocycles. The zero-order valence-electron chi connectivity index (χ0n) is 11.6. The minimum atomic E-state index is -3.58. The number of sulfonamides is 1. The van der Waals surface area contributed by atoms with E-state index in [0.717, 1.165) is 16.1 Å². The number of nitrogens with one attached hydrogen (secondary N) is 1. The molecule has 0 bridgehead atoms. The molecule has 3 N–H and O–H groups in total. The van der Waals surface area contributed by atoms with Crippen LogP contribution in [0, 0.1) is 20.8 Å². The Morgan fingerprint density at radius 3 is 2.60 bits per heavy atom. The topological polar surface area (TPSA) is 85.1 Å². The quantitative estimate of drug-likeness (QED) is 0.847. The second-order valence-electron chi connectivity index (χ2n) is 4.66. The number of nitrogen functional groups attached to an aromatic ring is 1. The van der Waals surface area contributed by atoms with Crippen molar-refractivity contribution in [2.75, 3.05) is 5.73 Å². The number of rotatable bonds is 4. The van der Waals surface area contributed by atoms with Crippen molar-refractivity contribution in [1.82, 2.24) is 9.71 Å². The molecule has 0 saturated carbocycles. The van der Waals surface area contributed by atoms with Crippen molar-refractivity contribution in [1.29, 1.82) is 0 Å². The van der Waals surface area contributed by atoms with E-state index in [2.05, 4.69) is 9.71 Å². The van der Waals surface area contributed by atoms with Gasteiger partial charge in [0.05, 0.1) is 16.1 Å². The average molecular weight is 311 g/mol. The first-order valence-corrected chi connectivity index (χ1v) is 8.43. The monoisotopic (exact) mass is 311 g/mol. The lowest BCUT2D eigenvalue weighted by Gasteiger charge is -2.12. The van der Waals surface area contributed by atoms with Crippen molar-refractivity contribution in [3.8, 4) is 0 Å². The standard InChI is InChI=1S/C13H17N3O2S2/c1-8-4-11(14)9(2)13(5-8)20(17,18)16-6-12-10(3)15-7-19-12/h4-5,7,16H,6,14H2,1-3H3. The smallest absolute Gasteiger partial charge is 0.241 e. The van der Waals surface area contributed by atoms with Gasteiger partial charge in [-0.25, -0.2) is 18.1 Å². The molecule has 0 saturated heterocycles. The Labute approximate surface area is 122 Å². The van der Waals surface area contributed by atoms with Crippen LogP contribution in [-0.4, -0.2) is 13.4 Å². The van der Waals surface area contributed by atoms with Crippen molar-refractivity contribution in [3.05, 3.63) is 39.3 Å². The molecule has 5 nitrogen and oxygen atoms in total. The molecular weight excluding hydrogens is 294 g/mol. The summed E-state index contributed by atoms with van der Waals surface area (Å²) in [6.07, 6.45) is 0. The highest BCUT2D eigenvalue weighted by atomic mass is 32.2. The van der Waals surface area contributed by atoms with Crippen LogP contribution in [0.15, 0.2) is 22.5 Å². The lowest BCUT2D eigenvalue weighted by atomic mass is 10.1. The normalized spacial score (nSPS) is 11.8. The van der Waals surface area contributed by atoms with Crippen molar-refractivity contribution >= 4 is 27.0 Å². The van der Waals surface area contributed by atoms with Crippen molar-refractivity contribution in [2.24, 2.45) is 0 Å². The van der Waals surface area contributed by atoms with Crippen LogP contribution in [-0.2, 0) is 16.6 Å². The highest BCUT2D eigenvalue weighted by Gasteiger charge is 2.19. The molecule has 1 aromatic carbocycles. The number of nitrogens with two attached hydrogens (primary N) is 1. The summed E-state index contributed by atoms with van der Waals surface area (Å²) >= 11 is 1.43. The Hall–Kier alpha value is -1.44. The Morgan fingerprint density at radius 1 is 1.30 bits per heavy atom. The van der Waals surface area contributed by atoms with E-state index < -0.39 is 10.0 Å². The lowest BCUT2D eigenvalue weighted by molar-refractivity contribution is 0.581. The van der Waals surface area contributed by atoms with E-state index in [4.69, 9.17) is 5.73 Å². The van der Waals surface area contributed by atoms with Gasteiger partial charge in [0.2, 0.25) is 10.0 Å². The van der Waals surface area contributed by atoms with Crippen LogP contribution in [0.25, 0.3) is 0 Å². The zero-order chi connectivity index (χ0) is 14.9. The number of aryl methyl sites for hydroxylation is 2. The summed E-state index contributed by atoms with van der Waals surface area (Å²) < 4.78 is 27.4. The van der Waals surface area contributed by atoms with Crippen molar-refractivity contribution < 1.29 is 8.42 Å². The maximum atomic E-state index is 12.4. The first kappa shape index (κ1) is 15.0. The van der Waals surface area contributed by atoms with Crippen LogP contribution in [0.5, 0.6) is 0 Å². The van der Waals surface area contributed by atoms with Crippen LogP contribution in [0.1, 0.15) is 21.7 Å². The first-order valence-electron chi connectivity index (χ1n) is 6.06. The third-order valence-electron chi connectivity index (χ3n) is 3.10. The summed E-state index contributed by atoms with van der Waals surface area (Å²) in [6.45, 7) is 5.63. The van der Waals surface area contributed by atoms with Gasteiger partial charge in [0.25, 0.3) is 0 Å². The molecule has 0 aliphatic rings. The van der Waals surface area contributed by atoms with Crippen LogP contribution in [0.3, 0.4) is 0 Å². The molecular formula is C13H17N3O2S2. The Kier molecular flexibility index (Phi) is 4.12. The molecule has 20 heavy (non-hydrogen) atoms. The maximum Gasteiger partial charge on any atom is 0.241 e. The molecule has 0 atom stereocenters. The number of aromatic nitrogens is 1. The fraction of sp³-hybridized carbons (Fsp3) is 0.308. The molecule has 0 radical (unpaired) electrons. The van der Waals surface area contributed by atoms with E-state index in [-0.39, 0.29) is 11.4 Å². The number of hydrogen-bond acceptors (Lipinski definition) is 5. The minimum Gasteiger partial charge on any atom is -0.398 e. The molecule has 2 rings (SSSR count). The van der Waals surface area contributed by atoms with Gasteiger partial charge in [0.15, 0.2) is 0 Å². The van der Waals surface area contributed by atoms with E-state index >= 15 is 0 Å². The molecule has 0 spiro atoms. The molecule has 7 heteroatoms. The summed E-state index contributed by atoms with van der Waals surface area (Å²) in [5, 5.41) is 0. The van der Waals surface area contributed by atoms with Gasteiger partial charge < -0.3 is 5.73 Å². The second-order valence-corrected chi connectivity index (χ2v) is 7.34. The largest absolute Gasteiger partial charge is 0.398 e. The maximum absolute atomic E-state index is 12.4. The SMILES string of the molecule is Cc1cc(N)c(C)c(S(=O)(=O)NCc2scnc2C)c1. The Balaban J connectivity index is 2.29. The fourth-order valence-electron chi connectivity index (χ4n) is 1.87. The van der Waals surface area contributed by atoms with Gasteiger partial charge in [-0.3, -0.25) is 0 Å². The van der Waals surface area contributed by atoms with E-state index in [1.54, 1.807) is 24.6 Å². The number of anilines is 1. The van der Waals surface area contributed by atoms with E-state index in [9.17, 15) is 8.42 Å². The minimum absolute atomic E-state index is 0.233. The number of nitrogens with zero attached hydrogens (tertiary/aromatic N) is 1. The number of benzene rings is 1. The van der Waals surface area contributed by atoms with Gasteiger partial charge >= 0.3 is 0 Å². The molecule has 0 aliphatic carbocycles. The van der Waals surface area contributed by atoms with Gasteiger partial charge in [-0.1, -0.05) is 0 Å². The zero-order valence-corrected chi connectivity index (χ0v) is 13.2. The molecule has 0 fully saturated rings. The summed E-state index contributed by atoms with van der Waals surface area (Å²) in [5.41, 5.74) is 10.3. The molecule has 2 aromatic rings. The van der Waals surface area contributed by atoms with Crippen LogP contribution in [0.2, 0.25) is 0 Å². The third-order valence-corrected chi connectivity index (χ3v) is 5.56. The summed E-state index contributed by atoms with van der Waals surface area (Å²) in [6, 6.07) is 3.40. The van der Waals surface area contributed by atoms with Gasteiger partial charge in [-0.15, -0.1) is 11.3 Å².